The van der Waals surface area contributed by atoms with Crippen LogP contribution in [-0.4, -0.2) is 6.54 Å². The number of thiophene rings is 1. The van der Waals surface area contributed by atoms with Crippen LogP contribution in [-0.2, 0) is 0 Å². The standard InChI is InChI=1S/C16H18BrNS/c1-2-18-16(15-8-12(17)10-19-15)14-9-13(14)11-6-4-3-5-7-11/h3-8,10,13-14,16,18H,2,9H2,1H3. The van der Waals surface area contributed by atoms with Crippen molar-refractivity contribution in [1.29, 1.82) is 0 Å². The Labute approximate surface area is 127 Å². The second-order valence-corrected chi connectivity index (χ2v) is 6.98. The zero-order valence-corrected chi connectivity index (χ0v) is 13.4. The van der Waals surface area contributed by atoms with Crippen LogP contribution < -0.4 is 5.32 Å². The average Bonchev–Trinajstić information content (AvgIpc) is 3.12. The highest BCUT2D eigenvalue weighted by Gasteiger charge is 2.44. The molecule has 1 N–H and O–H groups in total. The first-order valence-corrected chi connectivity index (χ1v) is 8.49. The van der Waals surface area contributed by atoms with E-state index in [-0.39, 0.29) is 0 Å². The van der Waals surface area contributed by atoms with E-state index < -0.39 is 0 Å². The van der Waals surface area contributed by atoms with Gasteiger partial charge >= 0.3 is 0 Å². The fourth-order valence-electron chi connectivity index (χ4n) is 2.84. The van der Waals surface area contributed by atoms with E-state index in [2.05, 4.69) is 69.9 Å². The minimum absolute atomic E-state index is 0.506. The highest BCUT2D eigenvalue weighted by atomic mass is 79.9. The molecule has 0 radical (unpaired) electrons. The highest BCUT2D eigenvalue weighted by molar-refractivity contribution is 9.10. The topological polar surface area (TPSA) is 12.0 Å². The summed E-state index contributed by atoms with van der Waals surface area (Å²) in [6.07, 6.45) is 1.30. The first kappa shape index (κ1) is 13.3. The monoisotopic (exact) mass is 335 g/mol. The molecular weight excluding hydrogens is 318 g/mol. The Bertz CT molecular complexity index is 537. The molecule has 1 heterocycles. The largest absolute Gasteiger partial charge is 0.309 e. The lowest BCUT2D eigenvalue weighted by Gasteiger charge is -2.16. The molecule has 19 heavy (non-hydrogen) atoms. The summed E-state index contributed by atoms with van der Waals surface area (Å²) < 4.78 is 1.20. The SMILES string of the molecule is CCNC(c1cc(Br)cs1)C1CC1c1ccccc1. The Morgan fingerprint density at radius 2 is 2.16 bits per heavy atom. The number of benzene rings is 1. The molecule has 3 rings (SSSR count). The van der Waals surface area contributed by atoms with E-state index >= 15 is 0 Å². The third-order valence-corrected chi connectivity index (χ3v) is 5.59. The molecular formula is C16H18BrNS. The summed E-state index contributed by atoms with van der Waals surface area (Å²) in [6.45, 7) is 3.22. The summed E-state index contributed by atoms with van der Waals surface area (Å²) in [4.78, 5) is 1.46. The van der Waals surface area contributed by atoms with E-state index in [1.165, 1.54) is 21.3 Å². The second-order valence-electron chi connectivity index (χ2n) is 5.12. The number of rotatable bonds is 5. The average molecular weight is 336 g/mol. The summed E-state index contributed by atoms with van der Waals surface area (Å²) in [5.41, 5.74) is 1.49. The van der Waals surface area contributed by atoms with Gasteiger partial charge in [0, 0.05) is 20.8 Å². The van der Waals surface area contributed by atoms with Gasteiger partial charge in [-0.2, -0.15) is 0 Å². The maximum atomic E-state index is 3.66. The van der Waals surface area contributed by atoms with Crippen LogP contribution in [0.5, 0.6) is 0 Å². The molecule has 3 atom stereocenters. The van der Waals surface area contributed by atoms with Crippen LogP contribution in [0, 0.1) is 5.92 Å². The van der Waals surface area contributed by atoms with Gasteiger partial charge in [-0.05, 0) is 52.4 Å². The Balaban J connectivity index is 1.76. The van der Waals surface area contributed by atoms with Gasteiger partial charge < -0.3 is 5.32 Å². The summed E-state index contributed by atoms with van der Waals surface area (Å²) in [7, 11) is 0. The van der Waals surface area contributed by atoms with Gasteiger partial charge in [0.1, 0.15) is 0 Å². The molecule has 0 aliphatic heterocycles. The van der Waals surface area contributed by atoms with Crippen LogP contribution in [0.25, 0.3) is 0 Å². The third-order valence-electron chi connectivity index (χ3n) is 3.81. The highest BCUT2D eigenvalue weighted by Crippen LogP contribution is 2.54. The molecule has 1 aliphatic rings. The maximum absolute atomic E-state index is 3.66. The first-order valence-electron chi connectivity index (χ1n) is 6.82. The molecule has 1 saturated carbocycles. The van der Waals surface area contributed by atoms with Crippen molar-refractivity contribution in [2.45, 2.75) is 25.3 Å². The molecule has 1 aromatic carbocycles. The summed E-state index contributed by atoms with van der Waals surface area (Å²) in [6, 6.07) is 13.7. The van der Waals surface area contributed by atoms with Gasteiger partial charge in [-0.3, -0.25) is 0 Å². The predicted octanol–water partition coefficient (Wildman–Crippen LogP) is 4.96. The molecule has 0 amide bonds. The fourth-order valence-corrected chi connectivity index (χ4v) is 4.44. The molecule has 0 saturated heterocycles. The van der Waals surface area contributed by atoms with E-state index in [0.717, 1.165) is 18.4 Å². The normalized spacial score (nSPS) is 23.3. The molecule has 0 bridgehead atoms. The van der Waals surface area contributed by atoms with Crippen molar-refractivity contribution in [3.8, 4) is 0 Å². The second kappa shape index (κ2) is 5.78. The van der Waals surface area contributed by atoms with E-state index in [1.54, 1.807) is 0 Å². The number of halogens is 1. The minimum atomic E-state index is 0.506. The van der Waals surface area contributed by atoms with Crippen LogP contribution in [0.4, 0.5) is 0 Å². The summed E-state index contributed by atoms with van der Waals surface area (Å²) >= 11 is 5.42. The van der Waals surface area contributed by atoms with E-state index in [9.17, 15) is 0 Å². The van der Waals surface area contributed by atoms with Crippen molar-refractivity contribution >= 4 is 27.3 Å². The molecule has 3 heteroatoms. The predicted molar refractivity (Wildman–Crippen MR) is 85.7 cm³/mol. The third kappa shape index (κ3) is 2.93. The van der Waals surface area contributed by atoms with Crippen LogP contribution in [0.2, 0.25) is 0 Å². The van der Waals surface area contributed by atoms with Crippen molar-refractivity contribution < 1.29 is 0 Å². The Hall–Kier alpha value is -0.640. The molecule has 1 aliphatic carbocycles. The van der Waals surface area contributed by atoms with Crippen LogP contribution in [0.1, 0.15) is 35.7 Å². The van der Waals surface area contributed by atoms with Crippen LogP contribution in [0.3, 0.4) is 0 Å². The lowest BCUT2D eigenvalue weighted by atomic mass is 10.0. The summed E-state index contributed by atoms with van der Waals surface area (Å²) in [5, 5.41) is 5.84. The van der Waals surface area contributed by atoms with Crippen LogP contribution in [0.15, 0.2) is 46.3 Å². The van der Waals surface area contributed by atoms with Crippen molar-refractivity contribution in [2.24, 2.45) is 5.92 Å². The van der Waals surface area contributed by atoms with E-state index in [1.807, 2.05) is 11.3 Å². The fraction of sp³-hybridized carbons (Fsp3) is 0.375. The summed E-state index contributed by atoms with van der Waals surface area (Å²) in [5.74, 6) is 1.47. The van der Waals surface area contributed by atoms with Gasteiger partial charge in [0.15, 0.2) is 0 Å². The van der Waals surface area contributed by atoms with Crippen LogP contribution >= 0.6 is 27.3 Å². The molecule has 2 aromatic rings. The molecule has 100 valence electrons. The number of hydrogen-bond acceptors (Lipinski definition) is 2. The zero-order valence-electron chi connectivity index (χ0n) is 11.0. The first-order chi connectivity index (χ1) is 9.29. The van der Waals surface area contributed by atoms with Gasteiger partial charge in [-0.1, -0.05) is 37.3 Å². The number of nitrogens with one attached hydrogen (secondary N) is 1. The van der Waals surface area contributed by atoms with E-state index in [0.29, 0.717) is 6.04 Å². The van der Waals surface area contributed by atoms with Crippen molar-refractivity contribution in [1.82, 2.24) is 5.32 Å². The quantitative estimate of drug-likeness (QED) is 0.813. The lowest BCUT2D eigenvalue weighted by Crippen LogP contribution is -2.22. The smallest absolute Gasteiger partial charge is 0.0449 e. The van der Waals surface area contributed by atoms with Crippen molar-refractivity contribution in [3.05, 3.63) is 56.7 Å². The Morgan fingerprint density at radius 3 is 2.79 bits per heavy atom. The van der Waals surface area contributed by atoms with Gasteiger partial charge in [-0.15, -0.1) is 11.3 Å². The molecule has 1 fully saturated rings. The Kier molecular flexibility index (Phi) is 4.06. The van der Waals surface area contributed by atoms with Gasteiger partial charge in [0.05, 0.1) is 0 Å². The zero-order chi connectivity index (χ0) is 13.2. The number of hydrogen-bond donors (Lipinski definition) is 1. The lowest BCUT2D eigenvalue weighted by molar-refractivity contribution is 0.494. The molecule has 1 nitrogen and oxygen atoms in total. The van der Waals surface area contributed by atoms with Gasteiger partial charge in [0.2, 0.25) is 0 Å². The van der Waals surface area contributed by atoms with Gasteiger partial charge in [0.25, 0.3) is 0 Å². The Morgan fingerprint density at radius 1 is 1.37 bits per heavy atom. The minimum Gasteiger partial charge on any atom is -0.309 e. The molecule has 0 spiro atoms. The van der Waals surface area contributed by atoms with Crippen molar-refractivity contribution in [3.63, 3.8) is 0 Å². The molecule has 3 unspecified atom stereocenters. The van der Waals surface area contributed by atoms with Gasteiger partial charge in [-0.25, -0.2) is 0 Å². The maximum Gasteiger partial charge on any atom is 0.0449 e. The van der Waals surface area contributed by atoms with Crippen molar-refractivity contribution in [2.75, 3.05) is 6.54 Å². The molecule has 1 aromatic heterocycles. The van der Waals surface area contributed by atoms with E-state index in [4.69, 9.17) is 0 Å².